The molecule has 1 fully saturated rings. The van der Waals surface area contributed by atoms with Crippen molar-refractivity contribution in [3.63, 3.8) is 0 Å². The normalized spacial score (nSPS) is 21.1. The van der Waals surface area contributed by atoms with Crippen LogP contribution in [0.2, 0.25) is 5.15 Å². The molecule has 0 amide bonds. The van der Waals surface area contributed by atoms with E-state index < -0.39 is 0 Å². The second-order valence-electron chi connectivity index (χ2n) is 5.22. The van der Waals surface area contributed by atoms with E-state index >= 15 is 0 Å². The zero-order valence-electron chi connectivity index (χ0n) is 10.7. The van der Waals surface area contributed by atoms with Crippen molar-refractivity contribution in [3.8, 4) is 0 Å². The van der Waals surface area contributed by atoms with Crippen molar-refractivity contribution in [1.29, 1.82) is 0 Å². The molecule has 1 aromatic rings. The van der Waals surface area contributed by atoms with Crippen LogP contribution in [0, 0.1) is 3.57 Å². The van der Waals surface area contributed by atoms with E-state index in [1.54, 1.807) is 0 Å². The molecule has 1 atom stereocenters. The van der Waals surface area contributed by atoms with E-state index in [1.807, 2.05) is 23.5 Å². The highest BCUT2D eigenvalue weighted by Gasteiger charge is 2.26. The first kappa shape index (κ1) is 15.2. The summed E-state index contributed by atoms with van der Waals surface area (Å²) in [5.41, 5.74) is 1.07. The van der Waals surface area contributed by atoms with E-state index in [0.29, 0.717) is 10.4 Å². The number of halogens is 2. The van der Waals surface area contributed by atoms with Gasteiger partial charge in [0.25, 0.3) is 0 Å². The van der Waals surface area contributed by atoms with Gasteiger partial charge in [0.1, 0.15) is 11.0 Å². The Bertz CT molecular complexity index is 442. The number of nitrogens with zero attached hydrogens (tertiary/aromatic N) is 2. The highest BCUT2D eigenvalue weighted by molar-refractivity contribution is 14.1. The van der Waals surface area contributed by atoms with Crippen LogP contribution in [-0.4, -0.2) is 27.2 Å². The van der Waals surface area contributed by atoms with Gasteiger partial charge in [0.15, 0.2) is 0 Å². The van der Waals surface area contributed by atoms with Crippen molar-refractivity contribution in [3.05, 3.63) is 20.2 Å². The lowest BCUT2D eigenvalue weighted by Gasteiger charge is -2.24. The minimum atomic E-state index is 0.00430. The van der Waals surface area contributed by atoms with Crippen LogP contribution in [0.5, 0.6) is 0 Å². The first-order valence-electron chi connectivity index (χ1n) is 5.82. The average Bonchev–Trinajstić information content (AvgIpc) is 2.32. The molecule has 2 nitrogen and oxygen atoms in total. The fraction of sp³-hybridized carbons (Fsp3) is 0.667. The highest BCUT2D eigenvalue weighted by atomic mass is 127. The molecule has 2 rings (SSSR count). The molecule has 2 heterocycles. The zero-order valence-corrected chi connectivity index (χ0v) is 15.2. The number of rotatable bonds is 1. The fourth-order valence-corrected chi connectivity index (χ4v) is 5.54. The maximum absolute atomic E-state index is 6.27. The SMILES string of the molecule is CC(C)(C)c1nc(C2CSCCS2)nc(Cl)c1I. The molecule has 1 unspecified atom stereocenters. The molecule has 0 aliphatic carbocycles. The van der Waals surface area contributed by atoms with Gasteiger partial charge in [0, 0.05) is 22.7 Å². The Morgan fingerprint density at radius 1 is 1.28 bits per heavy atom. The van der Waals surface area contributed by atoms with Gasteiger partial charge in [0.2, 0.25) is 0 Å². The molecule has 1 aliphatic rings. The molecular formula is C12H16ClIN2S2. The van der Waals surface area contributed by atoms with Crippen molar-refractivity contribution >= 4 is 57.7 Å². The summed E-state index contributed by atoms with van der Waals surface area (Å²) in [5.74, 6) is 4.39. The van der Waals surface area contributed by atoms with Gasteiger partial charge in [-0.3, -0.25) is 0 Å². The Morgan fingerprint density at radius 3 is 2.56 bits per heavy atom. The lowest BCUT2D eigenvalue weighted by Crippen LogP contribution is -2.20. The maximum atomic E-state index is 6.27. The second kappa shape index (κ2) is 6.06. The van der Waals surface area contributed by atoms with Crippen molar-refractivity contribution < 1.29 is 0 Å². The van der Waals surface area contributed by atoms with Crippen LogP contribution in [0.4, 0.5) is 0 Å². The van der Waals surface area contributed by atoms with Crippen LogP contribution >= 0.6 is 57.7 Å². The molecule has 0 N–H and O–H groups in total. The Balaban J connectivity index is 2.40. The largest absolute Gasteiger partial charge is 0.235 e. The monoisotopic (exact) mass is 414 g/mol. The molecule has 0 radical (unpaired) electrons. The van der Waals surface area contributed by atoms with Crippen LogP contribution in [0.25, 0.3) is 0 Å². The molecule has 0 bridgehead atoms. The lowest BCUT2D eigenvalue weighted by molar-refractivity contribution is 0.558. The summed E-state index contributed by atoms with van der Waals surface area (Å²) in [4.78, 5) is 9.27. The minimum Gasteiger partial charge on any atom is -0.235 e. The molecule has 18 heavy (non-hydrogen) atoms. The summed E-state index contributed by atoms with van der Waals surface area (Å²) in [7, 11) is 0. The van der Waals surface area contributed by atoms with Crippen molar-refractivity contribution in [2.24, 2.45) is 0 Å². The van der Waals surface area contributed by atoms with Gasteiger partial charge in [-0.25, -0.2) is 9.97 Å². The summed E-state index contributed by atoms with van der Waals surface area (Å²) >= 11 is 12.4. The predicted molar refractivity (Wildman–Crippen MR) is 91.0 cm³/mol. The third-order valence-electron chi connectivity index (χ3n) is 2.64. The van der Waals surface area contributed by atoms with E-state index in [9.17, 15) is 0 Å². The molecule has 1 aliphatic heterocycles. The van der Waals surface area contributed by atoms with Gasteiger partial charge in [-0.2, -0.15) is 11.8 Å². The van der Waals surface area contributed by atoms with Crippen molar-refractivity contribution in [2.75, 3.05) is 17.3 Å². The second-order valence-corrected chi connectivity index (χ2v) is 9.12. The summed E-state index contributed by atoms with van der Waals surface area (Å²) in [6.07, 6.45) is 0. The predicted octanol–water partition coefficient (Wildman–Crippen LogP) is 4.55. The van der Waals surface area contributed by atoms with Gasteiger partial charge in [-0.15, -0.1) is 11.8 Å². The van der Waals surface area contributed by atoms with Gasteiger partial charge < -0.3 is 0 Å². The summed E-state index contributed by atoms with van der Waals surface area (Å²) < 4.78 is 0.985. The summed E-state index contributed by atoms with van der Waals surface area (Å²) in [6.45, 7) is 6.50. The number of thioether (sulfide) groups is 2. The smallest absolute Gasteiger partial charge is 0.146 e. The average molecular weight is 415 g/mol. The molecule has 6 heteroatoms. The van der Waals surface area contributed by atoms with E-state index in [1.165, 1.54) is 11.5 Å². The van der Waals surface area contributed by atoms with E-state index in [-0.39, 0.29) is 5.41 Å². The Morgan fingerprint density at radius 2 is 2.00 bits per heavy atom. The van der Waals surface area contributed by atoms with Crippen LogP contribution in [0.1, 0.15) is 37.5 Å². The van der Waals surface area contributed by atoms with Crippen LogP contribution in [0.3, 0.4) is 0 Å². The number of hydrogen-bond acceptors (Lipinski definition) is 4. The molecule has 0 aromatic carbocycles. The third-order valence-corrected chi connectivity index (χ3v) is 7.01. The van der Waals surface area contributed by atoms with Crippen LogP contribution < -0.4 is 0 Å². The first-order valence-corrected chi connectivity index (χ1v) is 9.48. The molecule has 0 spiro atoms. The topological polar surface area (TPSA) is 25.8 Å². The summed E-state index contributed by atoms with van der Waals surface area (Å²) in [5, 5.41) is 0.987. The standard InChI is InChI=1S/C12H16ClIN2S2/c1-12(2,3)9-8(14)10(13)16-11(15-9)7-6-17-4-5-18-7/h7H,4-6H2,1-3H3. The number of hydrogen-bond donors (Lipinski definition) is 0. The van der Waals surface area contributed by atoms with E-state index in [0.717, 1.165) is 20.8 Å². The highest BCUT2D eigenvalue weighted by Crippen LogP contribution is 2.37. The first-order chi connectivity index (χ1) is 8.39. The minimum absolute atomic E-state index is 0.00430. The third kappa shape index (κ3) is 3.46. The van der Waals surface area contributed by atoms with Gasteiger partial charge in [-0.05, 0) is 22.6 Å². The fourth-order valence-electron chi connectivity index (χ4n) is 1.71. The molecule has 1 saturated heterocycles. The van der Waals surface area contributed by atoms with Crippen LogP contribution in [0.15, 0.2) is 0 Å². The molecule has 1 aromatic heterocycles. The molecule has 0 saturated carbocycles. The summed E-state index contributed by atoms with van der Waals surface area (Å²) in [6, 6.07) is 0. The number of aromatic nitrogens is 2. The van der Waals surface area contributed by atoms with Crippen molar-refractivity contribution in [2.45, 2.75) is 31.4 Å². The van der Waals surface area contributed by atoms with Gasteiger partial charge in [-0.1, -0.05) is 32.4 Å². The zero-order chi connectivity index (χ0) is 13.3. The maximum Gasteiger partial charge on any atom is 0.146 e. The van der Waals surface area contributed by atoms with Gasteiger partial charge >= 0.3 is 0 Å². The van der Waals surface area contributed by atoms with E-state index in [2.05, 4.69) is 48.3 Å². The molecule has 100 valence electrons. The van der Waals surface area contributed by atoms with Gasteiger partial charge in [0.05, 0.1) is 14.5 Å². The lowest BCUT2D eigenvalue weighted by atomic mass is 9.92. The Labute approximate surface area is 136 Å². The Kier molecular flexibility index (Phi) is 5.11. The van der Waals surface area contributed by atoms with Crippen LogP contribution in [-0.2, 0) is 5.41 Å². The van der Waals surface area contributed by atoms with E-state index in [4.69, 9.17) is 16.6 Å². The quantitative estimate of drug-likeness (QED) is 0.497. The van der Waals surface area contributed by atoms with Crippen molar-refractivity contribution in [1.82, 2.24) is 9.97 Å². The Hall–Kier alpha value is 0.800. The molecular weight excluding hydrogens is 399 g/mol.